The fourth-order valence-corrected chi connectivity index (χ4v) is 5.47. The Morgan fingerprint density at radius 3 is 2.00 bits per heavy atom. The van der Waals surface area contributed by atoms with Gasteiger partial charge in [0.15, 0.2) is 17.5 Å². The molecule has 2 saturated carbocycles. The molecule has 2 aliphatic carbocycles. The normalized spacial score (nSPS) is 27.1. The summed E-state index contributed by atoms with van der Waals surface area (Å²) < 4.78 is 72.0. The molecule has 0 N–H and O–H groups in total. The average molecular weight is 459 g/mol. The van der Waals surface area contributed by atoms with Crippen LogP contribution in [0.3, 0.4) is 0 Å². The molecule has 0 spiro atoms. The number of benzene rings is 1. The Kier molecular flexibility index (Phi) is 9.01. The molecule has 0 unspecified atom stereocenters. The predicted octanol–water partition coefficient (Wildman–Crippen LogP) is 8.82. The molecule has 1 aromatic rings. The first-order chi connectivity index (χ1) is 15.3. The average Bonchev–Trinajstić information content (AvgIpc) is 2.77. The van der Waals surface area contributed by atoms with Gasteiger partial charge >= 0.3 is 6.11 Å². The maximum atomic E-state index is 14.1. The minimum Gasteiger partial charge on any atom is -0.429 e. The third-order valence-electron chi connectivity index (χ3n) is 7.36. The summed E-state index contributed by atoms with van der Waals surface area (Å²) in [6, 6.07) is 0.841. The number of rotatable bonds is 9. The second kappa shape index (κ2) is 11.5. The van der Waals surface area contributed by atoms with E-state index in [-0.39, 0.29) is 5.92 Å². The Labute approximate surface area is 188 Å². The molecule has 1 aromatic carbocycles. The Hall–Kier alpha value is -1.59. The zero-order valence-corrected chi connectivity index (χ0v) is 18.9. The van der Waals surface area contributed by atoms with Gasteiger partial charge in [0.2, 0.25) is 0 Å². The minimum absolute atomic E-state index is 0.0489. The lowest BCUT2D eigenvalue weighted by Gasteiger charge is -2.37. The highest BCUT2D eigenvalue weighted by molar-refractivity contribution is 5.26. The number of hydrogen-bond acceptors (Lipinski definition) is 1. The molecule has 2 aliphatic rings. The molecule has 0 radical (unpaired) electrons. The second-order valence-corrected chi connectivity index (χ2v) is 9.68. The topological polar surface area (TPSA) is 9.23 Å². The van der Waals surface area contributed by atoms with Crippen LogP contribution in [-0.4, -0.2) is 6.11 Å². The van der Waals surface area contributed by atoms with Crippen molar-refractivity contribution >= 4 is 0 Å². The van der Waals surface area contributed by atoms with Crippen LogP contribution in [0, 0.1) is 41.1 Å². The first-order valence-electron chi connectivity index (χ1n) is 12.2. The largest absolute Gasteiger partial charge is 0.429 e. The molecule has 0 amide bonds. The summed E-state index contributed by atoms with van der Waals surface area (Å²) >= 11 is 0. The predicted molar refractivity (Wildman–Crippen MR) is 116 cm³/mol. The molecule has 32 heavy (non-hydrogen) atoms. The number of unbranched alkanes of at least 4 members (excludes halogenated alkanes) is 2. The Bertz CT molecular complexity index is 724. The van der Waals surface area contributed by atoms with E-state index in [0.717, 1.165) is 37.5 Å². The van der Waals surface area contributed by atoms with Crippen molar-refractivity contribution in [1.29, 1.82) is 0 Å². The van der Waals surface area contributed by atoms with Gasteiger partial charge in [0.25, 0.3) is 0 Å². The highest BCUT2D eigenvalue weighted by Crippen LogP contribution is 2.42. The van der Waals surface area contributed by atoms with Gasteiger partial charge in [-0.25, -0.2) is 13.2 Å². The first kappa shape index (κ1) is 25.0. The van der Waals surface area contributed by atoms with Crippen molar-refractivity contribution in [2.24, 2.45) is 23.7 Å². The summed E-state index contributed by atoms with van der Waals surface area (Å²) in [5, 5.41) is 0. The van der Waals surface area contributed by atoms with Crippen molar-refractivity contribution in [2.75, 3.05) is 0 Å². The van der Waals surface area contributed by atoms with E-state index in [1.165, 1.54) is 57.4 Å². The van der Waals surface area contributed by atoms with Crippen LogP contribution in [-0.2, 0) is 0 Å². The summed E-state index contributed by atoms with van der Waals surface area (Å²) in [4.78, 5) is 0. The monoisotopic (exact) mass is 458 g/mol. The molecule has 0 heterocycles. The van der Waals surface area contributed by atoms with Gasteiger partial charge in [-0.1, -0.05) is 51.5 Å². The quantitative estimate of drug-likeness (QED) is 0.155. The number of hydrogen-bond donors (Lipinski definition) is 0. The van der Waals surface area contributed by atoms with Crippen LogP contribution >= 0.6 is 0 Å². The minimum atomic E-state index is -3.72. The second-order valence-electron chi connectivity index (χ2n) is 9.68. The third-order valence-corrected chi connectivity index (χ3v) is 7.36. The van der Waals surface area contributed by atoms with Crippen molar-refractivity contribution in [3.63, 3.8) is 0 Å². The van der Waals surface area contributed by atoms with E-state index in [1.54, 1.807) is 0 Å². The van der Waals surface area contributed by atoms with Gasteiger partial charge in [0, 0.05) is 18.2 Å². The van der Waals surface area contributed by atoms with Crippen LogP contribution in [0.25, 0.3) is 0 Å². The van der Waals surface area contributed by atoms with Crippen LogP contribution in [0.1, 0.15) is 84.0 Å². The summed E-state index contributed by atoms with van der Waals surface area (Å²) in [6.45, 7) is 2.24. The summed E-state index contributed by atoms with van der Waals surface area (Å²) in [6.07, 6.45) is 12.8. The third kappa shape index (κ3) is 7.21. The molecule has 2 fully saturated rings. The van der Waals surface area contributed by atoms with E-state index in [9.17, 15) is 22.0 Å². The van der Waals surface area contributed by atoms with Gasteiger partial charge in [-0.3, -0.25) is 0 Å². The molecule has 0 atom stereocenters. The van der Waals surface area contributed by atoms with Gasteiger partial charge in [-0.2, -0.15) is 8.78 Å². The molecule has 1 nitrogen and oxygen atoms in total. The SMILES string of the molecule is CCCCC[C@H]1CC[C@H]([C@H]2CC[C@H](C=CC(F)(F)Oc3cc(F)c(F)c(F)c3)CC2)CC1. The van der Waals surface area contributed by atoms with Crippen molar-refractivity contribution < 1.29 is 26.7 Å². The standard InChI is InChI=1S/C26H35F5O/c1-2-3-4-5-18-6-10-20(11-7-18)21-12-8-19(9-13-21)14-15-26(30,31)32-22-16-23(27)25(29)24(28)17-22/h14-21H,2-13H2,1H3/t18-,19-,20-,21-. The Balaban J connectivity index is 1.42. The fourth-order valence-electron chi connectivity index (χ4n) is 5.47. The summed E-state index contributed by atoms with van der Waals surface area (Å²) in [5.74, 6) is -3.17. The van der Waals surface area contributed by atoms with Gasteiger partial charge in [-0.15, -0.1) is 0 Å². The van der Waals surface area contributed by atoms with Crippen molar-refractivity contribution in [2.45, 2.75) is 90.1 Å². The maximum absolute atomic E-state index is 14.1. The summed E-state index contributed by atoms with van der Waals surface area (Å²) in [7, 11) is 0. The van der Waals surface area contributed by atoms with Gasteiger partial charge in [0.1, 0.15) is 5.75 Å². The highest BCUT2D eigenvalue weighted by atomic mass is 19.3. The molecule has 0 aliphatic heterocycles. The van der Waals surface area contributed by atoms with Crippen molar-refractivity contribution in [3.05, 3.63) is 41.7 Å². The van der Waals surface area contributed by atoms with Crippen LogP contribution in [0.15, 0.2) is 24.3 Å². The van der Waals surface area contributed by atoms with Gasteiger partial charge in [-0.05, 0) is 62.2 Å². The number of ether oxygens (including phenoxy) is 1. The molecule has 180 valence electrons. The number of halogens is 5. The zero-order chi connectivity index (χ0) is 23.1. The van der Waals surface area contributed by atoms with E-state index >= 15 is 0 Å². The molecule has 0 aromatic heterocycles. The van der Waals surface area contributed by atoms with Crippen LogP contribution in [0.4, 0.5) is 22.0 Å². The molecule has 3 rings (SSSR count). The van der Waals surface area contributed by atoms with Crippen LogP contribution in [0.5, 0.6) is 5.75 Å². The first-order valence-corrected chi connectivity index (χ1v) is 12.2. The fraction of sp³-hybridized carbons (Fsp3) is 0.692. The number of alkyl halides is 2. The lowest BCUT2D eigenvalue weighted by atomic mass is 9.68. The molecular formula is C26H35F5O. The lowest BCUT2D eigenvalue weighted by molar-refractivity contribution is -0.132. The maximum Gasteiger partial charge on any atom is 0.419 e. The number of allylic oxidation sites excluding steroid dienone is 1. The highest BCUT2D eigenvalue weighted by Gasteiger charge is 2.32. The van der Waals surface area contributed by atoms with E-state index in [2.05, 4.69) is 11.7 Å². The van der Waals surface area contributed by atoms with E-state index in [0.29, 0.717) is 24.1 Å². The molecule has 0 bridgehead atoms. The van der Waals surface area contributed by atoms with Crippen molar-refractivity contribution in [1.82, 2.24) is 0 Å². The van der Waals surface area contributed by atoms with Crippen LogP contribution < -0.4 is 4.74 Å². The molecular weight excluding hydrogens is 423 g/mol. The smallest absolute Gasteiger partial charge is 0.419 e. The van der Waals surface area contributed by atoms with Gasteiger partial charge < -0.3 is 4.74 Å². The Morgan fingerprint density at radius 1 is 0.875 bits per heavy atom. The van der Waals surface area contributed by atoms with Gasteiger partial charge in [0.05, 0.1) is 0 Å². The van der Waals surface area contributed by atoms with E-state index < -0.39 is 29.3 Å². The van der Waals surface area contributed by atoms with Crippen molar-refractivity contribution in [3.8, 4) is 5.75 Å². The lowest BCUT2D eigenvalue weighted by Crippen LogP contribution is -2.26. The summed E-state index contributed by atoms with van der Waals surface area (Å²) in [5.41, 5.74) is 0. The molecule has 6 heteroatoms. The zero-order valence-electron chi connectivity index (χ0n) is 18.9. The molecule has 0 saturated heterocycles. The van der Waals surface area contributed by atoms with E-state index in [1.807, 2.05) is 0 Å². The van der Waals surface area contributed by atoms with Crippen LogP contribution in [0.2, 0.25) is 0 Å². The van der Waals surface area contributed by atoms with E-state index in [4.69, 9.17) is 0 Å². The Morgan fingerprint density at radius 2 is 1.44 bits per heavy atom.